The molecule has 2 atom stereocenters. The van der Waals surface area contributed by atoms with Crippen LogP contribution in [0.5, 0.6) is 0 Å². The summed E-state index contributed by atoms with van der Waals surface area (Å²) in [4.78, 5) is 42.6. The molecular formula is C20H23F4N3O7. The standard InChI is InChI=1S/C20H23F4N3O7/c21-13-7-11(26-9-12(34-20(26)32)1-2-15(29)18(23)24)8-14(22)17(13)25-3-4-27(33-6-5-25)19(31)16(30)10-28/h7-8,12,16,18,28,30H,1-6,9-10H2/t12-,16?/m0/s1. The maximum atomic E-state index is 14.9. The molecule has 1 aromatic rings. The quantitative estimate of drug-likeness (QED) is 0.512. The molecule has 1 unspecified atom stereocenters. The summed E-state index contributed by atoms with van der Waals surface area (Å²) < 4.78 is 59.5. The third kappa shape index (κ3) is 5.74. The predicted molar refractivity (Wildman–Crippen MR) is 107 cm³/mol. The van der Waals surface area contributed by atoms with E-state index in [1.165, 1.54) is 4.90 Å². The molecule has 0 aliphatic carbocycles. The first-order valence-electron chi connectivity index (χ1n) is 10.4. The molecule has 2 aliphatic rings. The lowest BCUT2D eigenvalue weighted by Gasteiger charge is -2.24. The van der Waals surface area contributed by atoms with Crippen LogP contribution in [0.3, 0.4) is 0 Å². The number of hydroxylamine groups is 2. The van der Waals surface area contributed by atoms with E-state index >= 15 is 0 Å². The van der Waals surface area contributed by atoms with Crippen LogP contribution in [-0.2, 0) is 19.2 Å². The Balaban J connectivity index is 1.69. The van der Waals surface area contributed by atoms with Gasteiger partial charge in [-0.15, -0.1) is 0 Å². The Kier molecular flexibility index (Phi) is 8.28. The first-order valence-corrected chi connectivity index (χ1v) is 10.4. The number of carbonyl (C=O) groups excluding carboxylic acids is 3. The summed E-state index contributed by atoms with van der Waals surface area (Å²) in [7, 11) is 0. The first-order chi connectivity index (χ1) is 16.1. The van der Waals surface area contributed by atoms with Gasteiger partial charge in [-0.05, 0) is 6.42 Å². The van der Waals surface area contributed by atoms with Crippen molar-refractivity contribution in [3.8, 4) is 0 Å². The second-order valence-electron chi connectivity index (χ2n) is 7.64. The van der Waals surface area contributed by atoms with Crippen molar-refractivity contribution in [3.63, 3.8) is 0 Å². The normalized spacial score (nSPS) is 19.9. The Morgan fingerprint density at radius 1 is 1.15 bits per heavy atom. The number of hydrogen-bond acceptors (Lipinski definition) is 8. The minimum Gasteiger partial charge on any atom is -0.444 e. The summed E-state index contributed by atoms with van der Waals surface area (Å²) in [5, 5.41) is 19.2. The van der Waals surface area contributed by atoms with E-state index in [-0.39, 0.29) is 44.9 Å². The highest BCUT2D eigenvalue weighted by molar-refractivity contribution is 5.90. The number of aliphatic hydroxyl groups is 2. The maximum Gasteiger partial charge on any atom is 0.414 e. The summed E-state index contributed by atoms with van der Waals surface area (Å²) in [6.45, 7) is -1.32. The van der Waals surface area contributed by atoms with Gasteiger partial charge >= 0.3 is 6.09 Å². The highest BCUT2D eigenvalue weighted by atomic mass is 19.3. The van der Waals surface area contributed by atoms with Gasteiger partial charge in [-0.2, -0.15) is 0 Å². The van der Waals surface area contributed by atoms with Crippen molar-refractivity contribution in [2.45, 2.75) is 31.5 Å². The Bertz CT molecular complexity index is 912. The maximum absolute atomic E-state index is 14.9. The third-order valence-electron chi connectivity index (χ3n) is 5.34. The van der Waals surface area contributed by atoms with Crippen molar-refractivity contribution in [1.29, 1.82) is 0 Å². The Hall–Kier alpha value is -2.97. The van der Waals surface area contributed by atoms with Gasteiger partial charge in [-0.1, -0.05) is 0 Å². The first kappa shape index (κ1) is 25.6. The molecule has 1 aromatic carbocycles. The average molecular weight is 493 g/mol. The van der Waals surface area contributed by atoms with Crippen molar-refractivity contribution in [2.24, 2.45) is 0 Å². The number of amides is 2. The van der Waals surface area contributed by atoms with Gasteiger partial charge in [-0.3, -0.25) is 19.3 Å². The smallest absolute Gasteiger partial charge is 0.414 e. The topological polar surface area (TPSA) is 120 Å². The van der Waals surface area contributed by atoms with E-state index in [2.05, 4.69) is 0 Å². The number of rotatable bonds is 8. The van der Waals surface area contributed by atoms with Gasteiger partial charge in [0.25, 0.3) is 12.3 Å². The molecule has 2 amide bonds. The van der Waals surface area contributed by atoms with Crippen molar-refractivity contribution in [3.05, 3.63) is 23.8 Å². The molecule has 0 aromatic heterocycles. The number of anilines is 2. The number of halogens is 4. The van der Waals surface area contributed by atoms with E-state index in [1.54, 1.807) is 0 Å². The SMILES string of the molecule is O=C(CC[C@H]1CN(c2cc(F)c(N3CCON(C(=O)C(O)CO)CC3)c(F)c2)C(=O)O1)C(F)F. The summed E-state index contributed by atoms with van der Waals surface area (Å²) in [6.07, 6.45) is -7.28. The highest BCUT2D eigenvalue weighted by Crippen LogP contribution is 2.32. The zero-order valence-corrected chi connectivity index (χ0v) is 17.8. The van der Waals surface area contributed by atoms with E-state index < -0.39 is 66.8 Å². The molecule has 0 spiro atoms. The van der Waals surface area contributed by atoms with Gasteiger partial charge in [0.2, 0.25) is 0 Å². The number of ether oxygens (including phenoxy) is 1. The van der Waals surface area contributed by atoms with Crippen LogP contribution in [0.25, 0.3) is 0 Å². The summed E-state index contributed by atoms with van der Waals surface area (Å²) in [5.74, 6) is -4.19. The number of alkyl halides is 2. The van der Waals surface area contributed by atoms with Crippen LogP contribution in [0.4, 0.5) is 33.7 Å². The van der Waals surface area contributed by atoms with E-state index in [1.807, 2.05) is 0 Å². The zero-order valence-electron chi connectivity index (χ0n) is 17.8. The molecule has 2 saturated heterocycles. The van der Waals surface area contributed by atoms with Crippen molar-refractivity contribution in [1.82, 2.24) is 5.06 Å². The van der Waals surface area contributed by atoms with E-state index in [4.69, 9.17) is 14.7 Å². The lowest BCUT2D eigenvalue weighted by molar-refractivity contribution is -0.192. The third-order valence-corrected chi connectivity index (χ3v) is 5.34. The number of nitrogens with zero attached hydrogens (tertiary/aromatic N) is 3. The molecule has 3 rings (SSSR count). The van der Waals surface area contributed by atoms with Gasteiger partial charge in [0.15, 0.2) is 23.5 Å². The van der Waals surface area contributed by atoms with Crippen LogP contribution < -0.4 is 9.80 Å². The van der Waals surface area contributed by atoms with Gasteiger partial charge in [0.05, 0.1) is 32.0 Å². The Labute approximate surface area is 191 Å². The van der Waals surface area contributed by atoms with Crippen LogP contribution >= 0.6 is 0 Å². The lowest BCUT2D eigenvalue weighted by Crippen LogP contribution is -2.42. The number of Topliss-reactive ketones (excluding diaryl/α,β-unsaturated/α-hetero) is 1. The number of carbonyl (C=O) groups is 3. The average Bonchev–Trinajstić information content (AvgIpc) is 3.00. The predicted octanol–water partition coefficient (Wildman–Crippen LogP) is 0.838. The molecule has 0 saturated carbocycles. The Morgan fingerprint density at radius 2 is 1.82 bits per heavy atom. The minimum absolute atomic E-state index is 0.00180. The van der Waals surface area contributed by atoms with Crippen molar-refractivity contribution in [2.75, 3.05) is 49.2 Å². The zero-order chi connectivity index (χ0) is 25.0. The molecule has 10 nitrogen and oxygen atoms in total. The monoisotopic (exact) mass is 493 g/mol. The number of cyclic esters (lactones) is 1. The fraction of sp³-hybridized carbons (Fsp3) is 0.550. The molecule has 188 valence electrons. The second kappa shape index (κ2) is 11.0. The molecule has 14 heteroatoms. The van der Waals surface area contributed by atoms with Crippen molar-refractivity contribution >= 4 is 29.2 Å². The van der Waals surface area contributed by atoms with E-state index in [0.717, 1.165) is 22.1 Å². The van der Waals surface area contributed by atoms with E-state index in [9.17, 15) is 37.1 Å². The molecular weight excluding hydrogens is 470 g/mol. The van der Waals surface area contributed by atoms with Gasteiger partial charge < -0.3 is 19.8 Å². The van der Waals surface area contributed by atoms with Gasteiger partial charge in [-0.25, -0.2) is 27.4 Å². The number of benzene rings is 1. The van der Waals surface area contributed by atoms with Crippen LogP contribution in [-0.4, -0.2) is 91.1 Å². The van der Waals surface area contributed by atoms with Crippen molar-refractivity contribution < 1.29 is 51.7 Å². The van der Waals surface area contributed by atoms with Crippen LogP contribution in [0.15, 0.2) is 12.1 Å². The molecule has 2 N–H and O–H groups in total. The summed E-state index contributed by atoms with van der Waals surface area (Å²) in [6, 6.07) is 1.83. The van der Waals surface area contributed by atoms with Gasteiger partial charge in [0, 0.05) is 31.6 Å². The number of ketones is 1. The Morgan fingerprint density at radius 3 is 2.44 bits per heavy atom. The highest BCUT2D eigenvalue weighted by Gasteiger charge is 2.35. The molecule has 0 bridgehead atoms. The molecule has 34 heavy (non-hydrogen) atoms. The fourth-order valence-electron chi connectivity index (χ4n) is 3.60. The van der Waals surface area contributed by atoms with E-state index in [0.29, 0.717) is 0 Å². The van der Waals surface area contributed by atoms with Crippen LogP contribution in [0, 0.1) is 11.6 Å². The number of hydrogen-bond donors (Lipinski definition) is 2. The fourth-order valence-corrected chi connectivity index (χ4v) is 3.60. The lowest BCUT2D eigenvalue weighted by atomic mass is 10.1. The summed E-state index contributed by atoms with van der Waals surface area (Å²) in [5.41, 5.74) is -0.573. The summed E-state index contributed by atoms with van der Waals surface area (Å²) >= 11 is 0. The molecule has 2 fully saturated rings. The second-order valence-corrected chi connectivity index (χ2v) is 7.64. The number of aliphatic hydroxyl groups excluding tert-OH is 2. The molecule has 2 aliphatic heterocycles. The van der Waals surface area contributed by atoms with Crippen LogP contribution in [0.1, 0.15) is 12.8 Å². The molecule has 2 heterocycles. The molecule has 0 radical (unpaired) electrons. The minimum atomic E-state index is -3.13. The largest absolute Gasteiger partial charge is 0.444 e. The van der Waals surface area contributed by atoms with Crippen LogP contribution in [0.2, 0.25) is 0 Å². The van der Waals surface area contributed by atoms with Gasteiger partial charge in [0.1, 0.15) is 11.8 Å².